The van der Waals surface area contributed by atoms with Crippen LogP contribution in [0.2, 0.25) is 0 Å². The fourth-order valence-corrected chi connectivity index (χ4v) is 3.72. The molecule has 0 aromatic carbocycles. The maximum Gasteiger partial charge on any atom is 0.235 e. The first-order chi connectivity index (χ1) is 9.99. The van der Waals surface area contributed by atoms with Crippen molar-refractivity contribution >= 4 is 28.0 Å². The van der Waals surface area contributed by atoms with Crippen LogP contribution >= 0.6 is 11.3 Å². The molecule has 0 fully saturated rings. The van der Waals surface area contributed by atoms with Gasteiger partial charge in [-0.3, -0.25) is 9.00 Å². The maximum atomic E-state index is 12.3. The highest BCUT2D eigenvalue weighted by atomic mass is 32.2. The summed E-state index contributed by atoms with van der Waals surface area (Å²) in [6.07, 6.45) is 1.54. The SMILES string of the molecule is CC(C)n1cnnc1[S@](=O)CC(=O)N(C)Cc1cccs1. The van der Waals surface area contributed by atoms with Gasteiger partial charge in [0.15, 0.2) is 0 Å². The smallest absolute Gasteiger partial charge is 0.235 e. The molecule has 1 atom stereocenters. The Bertz CT molecular complexity index is 622. The zero-order valence-electron chi connectivity index (χ0n) is 12.2. The Morgan fingerprint density at radius 3 is 2.90 bits per heavy atom. The number of carbonyl (C=O) groups is 1. The first-order valence-electron chi connectivity index (χ1n) is 6.53. The average Bonchev–Trinajstić information content (AvgIpc) is 3.08. The van der Waals surface area contributed by atoms with Crippen LogP contribution in [0.5, 0.6) is 0 Å². The van der Waals surface area contributed by atoms with E-state index >= 15 is 0 Å². The molecule has 0 aliphatic carbocycles. The zero-order valence-corrected chi connectivity index (χ0v) is 13.9. The van der Waals surface area contributed by atoms with Crippen molar-refractivity contribution in [3.8, 4) is 0 Å². The van der Waals surface area contributed by atoms with Crippen molar-refractivity contribution in [2.24, 2.45) is 0 Å². The lowest BCUT2D eigenvalue weighted by atomic mass is 10.4. The molecule has 0 radical (unpaired) electrons. The molecule has 8 heteroatoms. The van der Waals surface area contributed by atoms with Gasteiger partial charge < -0.3 is 9.47 Å². The van der Waals surface area contributed by atoms with Crippen LogP contribution in [0.25, 0.3) is 0 Å². The fourth-order valence-electron chi connectivity index (χ4n) is 1.76. The van der Waals surface area contributed by atoms with E-state index in [4.69, 9.17) is 0 Å². The molecule has 0 saturated carbocycles. The summed E-state index contributed by atoms with van der Waals surface area (Å²) in [6, 6.07) is 4.03. The average molecular weight is 326 g/mol. The van der Waals surface area contributed by atoms with Gasteiger partial charge in [0, 0.05) is 18.0 Å². The van der Waals surface area contributed by atoms with Crippen molar-refractivity contribution in [2.45, 2.75) is 31.6 Å². The van der Waals surface area contributed by atoms with Crippen LogP contribution in [0.3, 0.4) is 0 Å². The van der Waals surface area contributed by atoms with Crippen molar-refractivity contribution in [1.82, 2.24) is 19.7 Å². The third kappa shape index (κ3) is 3.98. The van der Waals surface area contributed by atoms with Crippen LogP contribution in [0, 0.1) is 0 Å². The Labute approximate surface area is 130 Å². The minimum Gasteiger partial charge on any atom is -0.340 e. The molecule has 0 unspecified atom stereocenters. The Balaban J connectivity index is 1.98. The van der Waals surface area contributed by atoms with Gasteiger partial charge >= 0.3 is 0 Å². The van der Waals surface area contributed by atoms with Gasteiger partial charge in [0.25, 0.3) is 0 Å². The van der Waals surface area contributed by atoms with E-state index in [0.717, 1.165) is 4.88 Å². The van der Waals surface area contributed by atoms with E-state index in [1.54, 1.807) is 27.9 Å². The second-order valence-corrected chi connectivity index (χ2v) is 7.31. The molecule has 0 spiro atoms. The monoisotopic (exact) mass is 326 g/mol. The number of hydrogen-bond donors (Lipinski definition) is 0. The van der Waals surface area contributed by atoms with Crippen LogP contribution in [-0.4, -0.2) is 42.6 Å². The molecular weight excluding hydrogens is 308 g/mol. The summed E-state index contributed by atoms with van der Waals surface area (Å²) in [5.41, 5.74) is 0. The quantitative estimate of drug-likeness (QED) is 0.810. The lowest BCUT2D eigenvalue weighted by Gasteiger charge is -2.16. The van der Waals surface area contributed by atoms with E-state index < -0.39 is 10.8 Å². The Morgan fingerprint density at radius 2 is 2.29 bits per heavy atom. The van der Waals surface area contributed by atoms with Crippen LogP contribution < -0.4 is 0 Å². The molecule has 0 aliphatic rings. The molecule has 114 valence electrons. The Kier molecular flexibility index (Phi) is 5.24. The topological polar surface area (TPSA) is 68.1 Å². The van der Waals surface area contributed by atoms with Crippen LogP contribution in [-0.2, 0) is 22.1 Å². The number of carbonyl (C=O) groups excluding carboxylic acids is 1. The highest BCUT2D eigenvalue weighted by molar-refractivity contribution is 7.85. The van der Waals surface area contributed by atoms with Gasteiger partial charge in [0.1, 0.15) is 22.9 Å². The van der Waals surface area contributed by atoms with E-state index in [9.17, 15) is 9.00 Å². The standard InChI is InChI=1S/C13H18N4O2S2/c1-10(2)17-9-14-15-13(17)21(19)8-12(18)16(3)7-11-5-4-6-20-11/h4-6,9-10H,7-8H2,1-3H3/t21-/m1/s1. The minimum atomic E-state index is -1.48. The highest BCUT2D eigenvalue weighted by Gasteiger charge is 2.20. The van der Waals surface area contributed by atoms with Gasteiger partial charge in [-0.1, -0.05) is 6.07 Å². The summed E-state index contributed by atoms with van der Waals surface area (Å²) >= 11 is 1.60. The van der Waals surface area contributed by atoms with Gasteiger partial charge in [-0.15, -0.1) is 21.5 Å². The molecule has 2 rings (SSSR count). The lowest BCUT2D eigenvalue weighted by Crippen LogP contribution is -2.30. The number of thiophene rings is 1. The molecule has 6 nitrogen and oxygen atoms in total. The third-order valence-corrected chi connectivity index (χ3v) is 5.02. The van der Waals surface area contributed by atoms with Gasteiger partial charge in [0.05, 0.1) is 6.54 Å². The maximum absolute atomic E-state index is 12.3. The van der Waals surface area contributed by atoms with Gasteiger partial charge in [0.2, 0.25) is 11.1 Å². The fraction of sp³-hybridized carbons (Fsp3) is 0.462. The number of nitrogens with zero attached hydrogens (tertiary/aromatic N) is 4. The second-order valence-electron chi connectivity index (χ2n) is 4.93. The van der Waals surface area contributed by atoms with E-state index in [0.29, 0.717) is 11.7 Å². The van der Waals surface area contributed by atoms with Crippen molar-refractivity contribution < 1.29 is 9.00 Å². The summed E-state index contributed by atoms with van der Waals surface area (Å²) in [4.78, 5) is 14.8. The number of amides is 1. The molecule has 21 heavy (non-hydrogen) atoms. The van der Waals surface area contributed by atoms with Gasteiger partial charge in [-0.25, -0.2) is 0 Å². The minimum absolute atomic E-state index is 0.0761. The van der Waals surface area contributed by atoms with E-state index in [1.807, 2.05) is 31.4 Å². The first-order valence-corrected chi connectivity index (χ1v) is 8.73. The largest absolute Gasteiger partial charge is 0.340 e. The van der Waals surface area contributed by atoms with E-state index in [-0.39, 0.29) is 17.7 Å². The summed E-state index contributed by atoms with van der Waals surface area (Å²) in [7, 11) is 0.233. The Hall–Kier alpha value is -1.54. The number of rotatable bonds is 6. The van der Waals surface area contributed by atoms with E-state index in [2.05, 4.69) is 10.2 Å². The summed E-state index contributed by atoms with van der Waals surface area (Å²) in [5, 5.41) is 9.96. The molecule has 2 heterocycles. The predicted octanol–water partition coefficient (Wildman–Crippen LogP) is 1.69. The van der Waals surface area contributed by atoms with Crippen molar-refractivity contribution in [1.29, 1.82) is 0 Å². The van der Waals surface area contributed by atoms with Gasteiger partial charge in [-0.05, 0) is 25.3 Å². The second kappa shape index (κ2) is 6.95. The van der Waals surface area contributed by atoms with Crippen molar-refractivity contribution in [3.63, 3.8) is 0 Å². The Morgan fingerprint density at radius 1 is 1.52 bits per heavy atom. The molecule has 1 amide bonds. The molecule has 0 aliphatic heterocycles. The number of hydrogen-bond acceptors (Lipinski definition) is 5. The summed E-state index contributed by atoms with van der Waals surface area (Å²) < 4.78 is 14.0. The third-order valence-electron chi connectivity index (χ3n) is 2.95. The van der Waals surface area contributed by atoms with E-state index in [1.165, 1.54) is 6.33 Å². The predicted molar refractivity (Wildman–Crippen MR) is 82.5 cm³/mol. The molecule has 2 aromatic heterocycles. The summed E-state index contributed by atoms with van der Waals surface area (Å²) in [5.74, 6) is -0.243. The molecule has 0 N–H and O–H groups in total. The molecule has 2 aromatic rings. The highest BCUT2D eigenvalue weighted by Crippen LogP contribution is 2.13. The van der Waals surface area contributed by atoms with Crippen LogP contribution in [0.4, 0.5) is 0 Å². The van der Waals surface area contributed by atoms with Crippen LogP contribution in [0.15, 0.2) is 29.0 Å². The summed E-state index contributed by atoms with van der Waals surface area (Å²) in [6.45, 7) is 4.44. The van der Waals surface area contributed by atoms with Crippen molar-refractivity contribution in [2.75, 3.05) is 12.8 Å². The normalized spacial score (nSPS) is 12.6. The van der Waals surface area contributed by atoms with Crippen LogP contribution in [0.1, 0.15) is 24.8 Å². The van der Waals surface area contributed by atoms with Gasteiger partial charge in [-0.2, -0.15) is 0 Å². The first kappa shape index (κ1) is 15.8. The molecule has 0 saturated heterocycles. The molecule has 0 bridgehead atoms. The lowest BCUT2D eigenvalue weighted by molar-refractivity contribution is -0.127. The zero-order chi connectivity index (χ0) is 15.4. The number of aromatic nitrogens is 3. The molecular formula is C13H18N4O2S2. The van der Waals surface area contributed by atoms with Crippen molar-refractivity contribution in [3.05, 3.63) is 28.7 Å².